The van der Waals surface area contributed by atoms with E-state index in [1.165, 1.54) is 40.8 Å². The van der Waals surface area contributed by atoms with Gasteiger partial charge in [-0.05, 0) is 29.7 Å². The molecule has 2 aromatic carbocycles. The van der Waals surface area contributed by atoms with E-state index in [2.05, 4.69) is 17.1 Å². The lowest BCUT2D eigenvalue weighted by molar-refractivity contribution is 0.104. The Labute approximate surface area is 173 Å². The molecule has 1 aliphatic rings. The summed E-state index contributed by atoms with van der Waals surface area (Å²) in [6.45, 7) is 0.611. The van der Waals surface area contributed by atoms with E-state index in [0.717, 1.165) is 6.26 Å². The van der Waals surface area contributed by atoms with E-state index in [-0.39, 0.29) is 23.3 Å². The Kier molecular flexibility index (Phi) is 5.24. The van der Waals surface area contributed by atoms with Crippen LogP contribution < -0.4 is 4.90 Å². The van der Waals surface area contributed by atoms with Crippen molar-refractivity contribution in [1.29, 1.82) is 0 Å². The molecule has 1 aliphatic heterocycles. The van der Waals surface area contributed by atoms with Gasteiger partial charge in [-0.1, -0.05) is 47.7 Å². The minimum atomic E-state index is -3.39. The van der Waals surface area contributed by atoms with Crippen molar-refractivity contribution in [2.45, 2.75) is 23.9 Å². The molecule has 0 amide bonds. The number of aromatic nitrogens is 1. The summed E-state index contributed by atoms with van der Waals surface area (Å²) in [7, 11) is -3.39. The highest BCUT2D eigenvalue weighted by molar-refractivity contribution is 7.90. The monoisotopic (exact) mass is 428 g/mol. The van der Waals surface area contributed by atoms with E-state index >= 15 is 0 Å². The van der Waals surface area contributed by atoms with Crippen LogP contribution in [-0.2, 0) is 22.8 Å². The summed E-state index contributed by atoms with van der Waals surface area (Å²) in [5.41, 5.74) is 2.71. The minimum Gasteiger partial charge on any atom is -0.394 e. The molecule has 6 nitrogen and oxygen atoms in total. The maximum atomic E-state index is 12.9. The minimum absolute atomic E-state index is 0.00635. The smallest absolute Gasteiger partial charge is 0.204 e. The zero-order valence-corrected chi connectivity index (χ0v) is 17.4. The van der Waals surface area contributed by atoms with Crippen LogP contribution in [0.25, 0.3) is 0 Å². The SMILES string of the molecule is CS(=O)(=O)c1cccc(C(=O)c2cnc(N3Cc4ccccc4C[C@H]3CO)s2)c1. The third-order valence-electron chi connectivity index (χ3n) is 5.05. The van der Waals surface area contributed by atoms with Crippen molar-refractivity contribution in [3.05, 3.63) is 76.3 Å². The highest BCUT2D eigenvalue weighted by Crippen LogP contribution is 2.32. The summed E-state index contributed by atoms with van der Waals surface area (Å²) in [5.74, 6) is -0.266. The number of sulfone groups is 1. The zero-order valence-electron chi connectivity index (χ0n) is 15.8. The van der Waals surface area contributed by atoms with Gasteiger partial charge in [-0.25, -0.2) is 13.4 Å². The molecule has 0 bridgehead atoms. The Bertz CT molecular complexity index is 1170. The van der Waals surface area contributed by atoms with Crippen LogP contribution in [0, 0.1) is 0 Å². The normalized spacial score (nSPS) is 16.5. The van der Waals surface area contributed by atoms with Gasteiger partial charge in [-0.3, -0.25) is 4.79 Å². The lowest BCUT2D eigenvalue weighted by Crippen LogP contribution is -2.42. The van der Waals surface area contributed by atoms with Crippen molar-refractivity contribution in [3.63, 3.8) is 0 Å². The van der Waals surface area contributed by atoms with Crippen molar-refractivity contribution in [2.75, 3.05) is 17.8 Å². The molecule has 0 saturated carbocycles. The van der Waals surface area contributed by atoms with Crippen LogP contribution in [0.3, 0.4) is 0 Å². The fraction of sp³-hybridized carbons (Fsp3) is 0.238. The van der Waals surface area contributed by atoms with Gasteiger partial charge in [-0.15, -0.1) is 0 Å². The summed E-state index contributed by atoms with van der Waals surface area (Å²) in [5, 5.41) is 10.5. The molecule has 29 heavy (non-hydrogen) atoms. The number of rotatable bonds is 5. The number of fused-ring (bicyclic) bond motifs is 1. The molecule has 4 rings (SSSR count). The standard InChI is InChI=1S/C21H20N2O4S2/c1-29(26,27)18-8-4-7-15(10-18)20(25)19-11-22-21(28-19)23-12-16-6-3-2-5-14(16)9-17(23)13-24/h2-8,10-11,17,24H,9,12-13H2,1H3/t17-/m0/s1. The Morgan fingerprint density at radius 2 is 1.97 bits per heavy atom. The number of hydrogen-bond acceptors (Lipinski definition) is 7. The Morgan fingerprint density at radius 3 is 2.69 bits per heavy atom. The number of carbonyl (C=O) groups excluding carboxylic acids is 1. The van der Waals surface area contributed by atoms with E-state index < -0.39 is 9.84 Å². The molecule has 3 aromatic rings. The summed E-state index contributed by atoms with van der Waals surface area (Å²) in [4.78, 5) is 19.9. The molecule has 0 unspecified atom stereocenters. The number of carbonyl (C=O) groups is 1. The maximum absolute atomic E-state index is 12.9. The average Bonchev–Trinajstić information content (AvgIpc) is 3.21. The number of ketones is 1. The number of hydrogen-bond donors (Lipinski definition) is 1. The molecule has 1 N–H and O–H groups in total. The van der Waals surface area contributed by atoms with E-state index in [9.17, 15) is 18.3 Å². The molecule has 1 aromatic heterocycles. The second kappa shape index (κ2) is 7.70. The number of nitrogens with zero attached hydrogens (tertiary/aromatic N) is 2. The largest absolute Gasteiger partial charge is 0.394 e. The van der Waals surface area contributed by atoms with Gasteiger partial charge in [0.15, 0.2) is 15.0 Å². The predicted octanol–water partition coefficient (Wildman–Crippen LogP) is 2.70. The molecule has 0 spiro atoms. The van der Waals surface area contributed by atoms with Crippen LogP contribution in [0.4, 0.5) is 5.13 Å². The van der Waals surface area contributed by atoms with Crippen LogP contribution in [0.2, 0.25) is 0 Å². The van der Waals surface area contributed by atoms with Gasteiger partial charge in [0.2, 0.25) is 5.78 Å². The second-order valence-electron chi connectivity index (χ2n) is 7.07. The number of anilines is 1. The highest BCUT2D eigenvalue weighted by atomic mass is 32.2. The fourth-order valence-corrected chi connectivity index (χ4v) is 5.10. The first kappa shape index (κ1) is 19.8. The molecular weight excluding hydrogens is 408 g/mol. The first-order valence-corrected chi connectivity index (χ1v) is 11.8. The Hall–Kier alpha value is -2.55. The zero-order chi connectivity index (χ0) is 20.6. The molecule has 2 heterocycles. The molecule has 0 aliphatic carbocycles. The first-order chi connectivity index (χ1) is 13.9. The van der Waals surface area contributed by atoms with Crippen molar-refractivity contribution in [1.82, 2.24) is 4.98 Å². The van der Waals surface area contributed by atoms with Gasteiger partial charge in [0.1, 0.15) is 0 Å². The van der Waals surface area contributed by atoms with Crippen LogP contribution >= 0.6 is 11.3 Å². The van der Waals surface area contributed by atoms with Crippen LogP contribution in [0.15, 0.2) is 59.6 Å². The van der Waals surface area contributed by atoms with E-state index in [4.69, 9.17) is 0 Å². The van der Waals surface area contributed by atoms with Crippen molar-refractivity contribution in [3.8, 4) is 0 Å². The second-order valence-corrected chi connectivity index (χ2v) is 10.1. The van der Waals surface area contributed by atoms with Crippen molar-refractivity contribution >= 4 is 32.1 Å². The highest BCUT2D eigenvalue weighted by Gasteiger charge is 2.28. The van der Waals surface area contributed by atoms with Crippen LogP contribution in [0.1, 0.15) is 26.4 Å². The first-order valence-electron chi connectivity index (χ1n) is 9.12. The fourth-order valence-electron chi connectivity index (χ4n) is 3.49. The van der Waals surface area contributed by atoms with Gasteiger partial charge in [-0.2, -0.15) is 0 Å². The van der Waals surface area contributed by atoms with Crippen LogP contribution in [0.5, 0.6) is 0 Å². The Morgan fingerprint density at radius 1 is 1.21 bits per heavy atom. The Balaban J connectivity index is 1.62. The molecule has 1 atom stereocenters. The van der Waals surface area contributed by atoms with Crippen LogP contribution in [-0.4, -0.2) is 43.2 Å². The lowest BCUT2D eigenvalue weighted by atomic mass is 9.95. The summed E-state index contributed by atoms with van der Waals surface area (Å²) in [6, 6.07) is 14.0. The van der Waals surface area contributed by atoms with Gasteiger partial charge >= 0.3 is 0 Å². The summed E-state index contributed by atoms with van der Waals surface area (Å²) < 4.78 is 23.5. The molecule has 0 saturated heterocycles. The van der Waals surface area contributed by atoms with Gasteiger partial charge < -0.3 is 10.0 Å². The van der Waals surface area contributed by atoms with E-state index in [0.29, 0.717) is 28.5 Å². The molecule has 150 valence electrons. The van der Waals surface area contributed by atoms with Crippen molar-refractivity contribution in [2.24, 2.45) is 0 Å². The number of benzene rings is 2. The molecule has 8 heteroatoms. The number of aliphatic hydroxyl groups is 1. The molecule has 0 radical (unpaired) electrons. The van der Waals surface area contributed by atoms with Gasteiger partial charge in [0.05, 0.1) is 28.6 Å². The maximum Gasteiger partial charge on any atom is 0.204 e. The van der Waals surface area contributed by atoms with Gasteiger partial charge in [0.25, 0.3) is 0 Å². The molecule has 0 fully saturated rings. The summed E-state index contributed by atoms with van der Waals surface area (Å²) >= 11 is 1.25. The van der Waals surface area contributed by atoms with Gasteiger partial charge in [0, 0.05) is 18.4 Å². The third kappa shape index (κ3) is 3.96. The third-order valence-corrected chi connectivity index (χ3v) is 7.20. The summed E-state index contributed by atoms with van der Waals surface area (Å²) in [6.07, 6.45) is 3.35. The molecular formula is C21H20N2O4S2. The predicted molar refractivity (Wildman–Crippen MR) is 112 cm³/mol. The average molecular weight is 429 g/mol. The lowest BCUT2D eigenvalue weighted by Gasteiger charge is -2.35. The number of aliphatic hydroxyl groups excluding tert-OH is 1. The van der Waals surface area contributed by atoms with E-state index in [1.807, 2.05) is 17.0 Å². The van der Waals surface area contributed by atoms with E-state index in [1.54, 1.807) is 12.1 Å². The van der Waals surface area contributed by atoms with Crippen molar-refractivity contribution < 1.29 is 18.3 Å². The number of thiazole rings is 1. The topological polar surface area (TPSA) is 87.6 Å². The quantitative estimate of drug-likeness (QED) is 0.629.